The van der Waals surface area contributed by atoms with Crippen molar-refractivity contribution in [1.82, 2.24) is 10.3 Å². The Kier molecular flexibility index (Phi) is 5.26. The fourth-order valence-electron chi connectivity index (χ4n) is 1.93. The number of carbonyl (C=O) groups is 1. The van der Waals surface area contributed by atoms with Crippen molar-refractivity contribution in [3.63, 3.8) is 0 Å². The zero-order chi connectivity index (χ0) is 14.4. The molecule has 0 fully saturated rings. The SMILES string of the molecule is CCc1cnc(CNC(=O)Cc2ccccc2CN)s1. The molecule has 1 aromatic heterocycles. The predicted molar refractivity (Wildman–Crippen MR) is 81.4 cm³/mol. The maximum absolute atomic E-state index is 12.0. The van der Waals surface area contributed by atoms with E-state index in [1.807, 2.05) is 30.5 Å². The third-order valence-corrected chi connectivity index (χ3v) is 4.22. The number of hydrogen-bond acceptors (Lipinski definition) is 4. The summed E-state index contributed by atoms with van der Waals surface area (Å²) in [6.45, 7) is 3.05. The second-order valence-electron chi connectivity index (χ2n) is 4.50. The van der Waals surface area contributed by atoms with Gasteiger partial charge in [0.15, 0.2) is 0 Å². The molecule has 5 heteroatoms. The van der Waals surface area contributed by atoms with Gasteiger partial charge in [-0.15, -0.1) is 11.3 Å². The van der Waals surface area contributed by atoms with Gasteiger partial charge in [0, 0.05) is 17.6 Å². The Morgan fingerprint density at radius 2 is 2.10 bits per heavy atom. The number of rotatable bonds is 6. The standard InChI is InChI=1S/C15H19N3OS/c1-2-13-9-18-15(20-13)10-17-14(19)7-11-5-3-4-6-12(11)8-16/h3-6,9H,2,7-8,10,16H2,1H3,(H,17,19). The molecule has 0 atom stereocenters. The summed E-state index contributed by atoms with van der Waals surface area (Å²) in [5.41, 5.74) is 7.67. The van der Waals surface area contributed by atoms with Crippen LogP contribution >= 0.6 is 11.3 Å². The number of nitrogens with zero attached hydrogens (tertiary/aromatic N) is 1. The molecule has 0 bridgehead atoms. The molecule has 4 nitrogen and oxygen atoms in total. The Bertz CT molecular complexity index is 580. The van der Waals surface area contributed by atoms with Crippen LogP contribution in [0.1, 0.15) is 27.9 Å². The first-order chi connectivity index (χ1) is 9.72. The van der Waals surface area contributed by atoms with Crippen molar-refractivity contribution in [2.45, 2.75) is 32.9 Å². The quantitative estimate of drug-likeness (QED) is 0.855. The Hall–Kier alpha value is -1.72. The summed E-state index contributed by atoms with van der Waals surface area (Å²) in [4.78, 5) is 17.5. The van der Waals surface area contributed by atoms with Crippen molar-refractivity contribution in [2.24, 2.45) is 5.73 Å². The molecule has 0 radical (unpaired) electrons. The van der Waals surface area contributed by atoms with E-state index in [9.17, 15) is 4.79 Å². The number of nitrogens with two attached hydrogens (primary N) is 1. The normalized spacial score (nSPS) is 10.5. The minimum Gasteiger partial charge on any atom is -0.349 e. The summed E-state index contributed by atoms with van der Waals surface area (Å²) >= 11 is 1.64. The first-order valence-electron chi connectivity index (χ1n) is 6.70. The Morgan fingerprint density at radius 1 is 1.35 bits per heavy atom. The highest BCUT2D eigenvalue weighted by Gasteiger charge is 2.08. The lowest BCUT2D eigenvalue weighted by atomic mass is 10.0. The van der Waals surface area contributed by atoms with E-state index in [4.69, 9.17) is 5.73 Å². The lowest BCUT2D eigenvalue weighted by molar-refractivity contribution is -0.120. The monoisotopic (exact) mass is 289 g/mol. The fourth-order valence-corrected chi connectivity index (χ4v) is 2.73. The average molecular weight is 289 g/mol. The van der Waals surface area contributed by atoms with Gasteiger partial charge in [-0.25, -0.2) is 4.98 Å². The molecule has 106 valence electrons. The van der Waals surface area contributed by atoms with Crippen molar-refractivity contribution in [2.75, 3.05) is 0 Å². The van der Waals surface area contributed by atoms with E-state index in [0.29, 0.717) is 19.5 Å². The first-order valence-corrected chi connectivity index (χ1v) is 7.51. The molecule has 1 amide bonds. The van der Waals surface area contributed by atoms with E-state index in [1.54, 1.807) is 11.3 Å². The van der Waals surface area contributed by atoms with Gasteiger partial charge in [-0.05, 0) is 17.5 Å². The maximum atomic E-state index is 12.0. The molecule has 2 aromatic rings. The van der Waals surface area contributed by atoms with Crippen LogP contribution in [0.2, 0.25) is 0 Å². The van der Waals surface area contributed by atoms with Crippen molar-refractivity contribution >= 4 is 17.2 Å². The first kappa shape index (κ1) is 14.7. The van der Waals surface area contributed by atoms with Crippen LogP contribution < -0.4 is 11.1 Å². The van der Waals surface area contributed by atoms with Crippen LogP contribution in [0.4, 0.5) is 0 Å². The van der Waals surface area contributed by atoms with Gasteiger partial charge < -0.3 is 11.1 Å². The molecule has 3 N–H and O–H groups in total. The lowest BCUT2D eigenvalue weighted by Crippen LogP contribution is -2.25. The highest BCUT2D eigenvalue weighted by molar-refractivity contribution is 7.11. The lowest BCUT2D eigenvalue weighted by Gasteiger charge is -2.07. The number of carbonyl (C=O) groups excluding carboxylic acids is 1. The van der Waals surface area contributed by atoms with Crippen molar-refractivity contribution < 1.29 is 4.79 Å². The van der Waals surface area contributed by atoms with Crippen LogP contribution in [0.15, 0.2) is 30.5 Å². The van der Waals surface area contributed by atoms with Crippen LogP contribution in [0.5, 0.6) is 0 Å². The third kappa shape index (κ3) is 3.88. The second-order valence-corrected chi connectivity index (χ2v) is 5.70. The third-order valence-electron chi connectivity index (χ3n) is 3.08. The molecule has 0 spiro atoms. The van der Waals surface area contributed by atoms with E-state index in [2.05, 4.69) is 17.2 Å². The van der Waals surface area contributed by atoms with Crippen molar-refractivity contribution in [3.8, 4) is 0 Å². The minimum absolute atomic E-state index is 0.000788. The number of thiazole rings is 1. The van der Waals surface area contributed by atoms with E-state index in [1.165, 1.54) is 4.88 Å². The van der Waals surface area contributed by atoms with Gasteiger partial charge in [-0.1, -0.05) is 31.2 Å². The second kappa shape index (κ2) is 7.17. The molecule has 0 saturated heterocycles. The fraction of sp³-hybridized carbons (Fsp3) is 0.333. The van der Waals surface area contributed by atoms with Gasteiger partial charge in [-0.3, -0.25) is 4.79 Å². The van der Waals surface area contributed by atoms with E-state index in [-0.39, 0.29) is 5.91 Å². The van der Waals surface area contributed by atoms with Gasteiger partial charge in [0.2, 0.25) is 5.91 Å². The molecule has 0 aliphatic heterocycles. The highest BCUT2D eigenvalue weighted by Crippen LogP contribution is 2.13. The Labute approximate surface area is 123 Å². The largest absolute Gasteiger partial charge is 0.349 e. The molecule has 0 saturated carbocycles. The maximum Gasteiger partial charge on any atom is 0.224 e. The van der Waals surface area contributed by atoms with Gasteiger partial charge in [0.05, 0.1) is 13.0 Å². The minimum atomic E-state index is -0.000788. The number of aromatic nitrogens is 1. The molecule has 0 aliphatic carbocycles. The van der Waals surface area contributed by atoms with Crippen LogP contribution in [0.3, 0.4) is 0 Å². The molecule has 0 aliphatic rings. The number of aryl methyl sites for hydroxylation is 1. The molecule has 1 heterocycles. The van der Waals surface area contributed by atoms with E-state index in [0.717, 1.165) is 22.6 Å². The summed E-state index contributed by atoms with van der Waals surface area (Å²) in [6.07, 6.45) is 3.21. The molecule has 1 aromatic carbocycles. The smallest absolute Gasteiger partial charge is 0.224 e. The number of benzene rings is 1. The van der Waals surface area contributed by atoms with Gasteiger partial charge in [0.1, 0.15) is 5.01 Å². The molecular formula is C15H19N3OS. The zero-order valence-corrected chi connectivity index (χ0v) is 12.4. The van der Waals surface area contributed by atoms with E-state index < -0.39 is 0 Å². The highest BCUT2D eigenvalue weighted by atomic mass is 32.1. The van der Waals surface area contributed by atoms with Crippen LogP contribution in [0, 0.1) is 0 Å². The number of nitrogens with one attached hydrogen (secondary N) is 1. The zero-order valence-electron chi connectivity index (χ0n) is 11.6. The molecule has 0 unspecified atom stereocenters. The van der Waals surface area contributed by atoms with Crippen LogP contribution in [-0.4, -0.2) is 10.9 Å². The average Bonchev–Trinajstić information content (AvgIpc) is 2.94. The summed E-state index contributed by atoms with van der Waals surface area (Å²) in [5.74, 6) is -0.000788. The Morgan fingerprint density at radius 3 is 2.75 bits per heavy atom. The van der Waals surface area contributed by atoms with Gasteiger partial charge >= 0.3 is 0 Å². The molecular weight excluding hydrogens is 270 g/mol. The predicted octanol–water partition coefficient (Wildman–Crippen LogP) is 2.02. The summed E-state index contributed by atoms with van der Waals surface area (Å²) < 4.78 is 0. The van der Waals surface area contributed by atoms with Crippen LogP contribution in [-0.2, 0) is 30.7 Å². The molecule has 2 rings (SSSR count). The number of hydrogen-bond donors (Lipinski definition) is 2. The van der Waals surface area contributed by atoms with Crippen molar-refractivity contribution in [3.05, 3.63) is 51.5 Å². The van der Waals surface area contributed by atoms with Gasteiger partial charge in [-0.2, -0.15) is 0 Å². The molecule has 20 heavy (non-hydrogen) atoms. The topological polar surface area (TPSA) is 68.0 Å². The number of amides is 1. The van der Waals surface area contributed by atoms with Crippen molar-refractivity contribution in [1.29, 1.82) is 0 Å². The van der Waals surface area contributed by atoms with Crippen LogP contribution in [0.25, 0.3) is 0 Å². The van der Waals surface area contributed by atoms with E-state index >= 15 is 0 Å². The van der Waals surface area contributed by atoms with Gasteiger partial charge in [0.25, 0.3) is 0 Å². The summed E-state index contributed by atoms with van der Waals surface area (Å²) in [6, 6.07) is 7.76. The summed E-state index contributed by atoms with van der Waals surface area (Å²) in [7, 11) is 0. The summed E-state index contributed by atoms with van der Waals surface area (Å²) in [5, 5.41) is 3.85. The Balaban J connectivity index is 1.89.